The van der Waals surface area contributed by atoms with Crippen LogP contribution in [0.15, 0.2) is 18.2 Å². The number of pyridine rings is 2. The van der Waals surface area contributed by atoms with Gasteiger partial charge >= 0.3 is 0 Å². The van der Waals surface area contributed by atoms with E-state index in [0.29, 0.717) is 43.1 Å². The average molecular weight is 452 g/mol. The van der Waals surface area contributed by atoms with E-state index in [1.54, 1.807) is 0 Å². The van der Waals surface area contributed by atoms with Crippen molar-refractivity contribution in [3.8, 4) is 17.4 Å². The molecule has 2 aromatic heterocycles. The van der Waals surface area contributed by atoms with Crippen molar-refractivity contribution in [1.29, 1.82) is 0 Å². The lowest BCUT2D eigenvalue weighted by Gasteiger charge is -2.36. The number of hydrogen-bond donors (Lipinski definition) is 0. The number of ether oxygens (including phenoxy) is 3. The number of halogens is 1. The highest BCUT2D eigenvalue weighted by molar-refractivity contribution is 7.59. The van der Waals surface area contributed by atoms with Gasteiger partial charge in [0.15, 0.2) is 5.75 Å². The molecule has 0 saturated carbocycles. The fraction of sp³-hybridized carbons (Fsp3) is 0.565. The van der Waals surface area contributed by atoms with Crippen LogP contribution >= 0.6 is 13.5 Å². The molecule has 2 aliphatic heterocycles. The third-order valence-electron chi connectivity index (χ3n) is 5.55. The van der Waals surface area contributed by atoms with Crippen molar-refractivity contribution < 1.29 is 18.6 Å². The molecule has 2 aliphatic rings. The zero-order chi connectivity index (χ0) is 20.4. The predicted octanol–water partition coefficient (Wildman–Crippen LogP) is 4.60. The van der Waals surface area contributed by atoms with Crippen LogP contribution in [-0.2, 0) is 0 Å². The first-order valence-corrected chi connectivity index (χ1v) is 10.3. The van der Waals surface area contributed by atoms with Crippen molar-refractivity contribution in [1.82, 2.24) is 14.9 Å². The molecule has 8 heteroatoms. The quantitative estimate of drug-likeness (QED) is 0.662. The Labute approximate surface area is 191 Å². The molecule has 0 radical (unpaired) electrons. The molecule has 4 heterocycles. The van der Waals surface area contributed by atoms with Crippen LogP contribution in [-0.4, -0.2) is 47.8 Å². The maximum absolute atomic E-state index is 14.7. The smallest absolute Gasteiger partial charge is 0.257 e. The Morgan fingerprint density at radius 1 is 1.16 bits per heavy atom. The number of rotatable bonds is 5. The fourth-order valence-corrected chi connectivity index (χ4v) is 4.11. The fourth-order valence-electron chi connectivity index (χ4n) is 4.11. The van der Waals surface area contributed by atoms with E-state index >= 15 is 0 Å². The highest BCUT2D eigenvalue weighted by atomic mass is 32.1. The molecule has 1 fully saturated rings. The van der Waals surface area contributed by atoms with Crippen LogP contribution in [0.4, 0.5) is 4.39 Å². The van der Waals surface area contributed by atoms with Crippen LogP contribution in [0.2, 0.25) is 0 Å². The maximum atomic E-state index is 14.7. The minimum absolute atomic E-state index is 0. The minimum atomic E-state index is -0.345. The largest absolute Gasteiger partial charge is 0.493 e. The van der Waals surface area contributed by atoms with E-state index in [-0.39, 0.29) is 32.8 Å². The van der Waals surface area contributed by atoms with Crippen LogP contribution < -0.4 is 14.2 Å². The summed E-state index contributed by atoms with van der Waals surface area (Å²) in [6.07, 6.45) is 2.16. The summed E-state index contributed by atoms with van der Waals surface area (Å²) >= 11 is 0. The summed E-state index contributed by atoms with van der Waals surface area (Å²) in [5.74, 6) is 1.68. The maximum Gasteiger partial charge on any atom is 0.257 e. The van der Waals surface area contributed by atoms with Gasteiger partial charge in [0, 0.05) is 42.0 Å². The molecule has 1 saturated heterocycles. The highest BCUT2D eigenvalue weighted by Crippen LogP contribution is 2.34. The van der Waals surface area contributed by atoms with E-state index in [0.717, 1.165) is 43.1 Å². The average Bonchev–Trinajstić information content (AvgIpc) is 2.71. The molecule has 0 spiro atoms. The van der Waals surface area contributed by atoms with Gasteiger partial charge in [-0.25, -0.2) is 9.37 Å². The molecular formula is C23H34FN3O3S. The summed E-state index contributed by atoms with van der Waals surface area (Å²) in [5.41, 5.74) is 2.33. The third-order valence-corrected chi connectivity index (χ3v) is 5.55. The first-order chi connectivity index (χ1) is 14.0. The van der Waals surface area contributed by atoms with Crippen molar-refractivity contribution in [3.05, 3.63) is 41.1 Å². The predicted molar refractivity (Wildman–Crippen MR) is 124 cm³/mol. The number of nitrogens with zero attached hydrogens (tertiary/aromatic N) is 3. The van der Waals surface area contributed by atoms with Gasteiger partial charge in [-0.1, -0.05) is 7.43 Å². The van der Waals surface area contributed by atoms with Crippen molar-refractivity contribution >= 4 is 13.5 Å². The summed E-state index contributed by atoms with van der Waals surface area (Å²) in [7, 11) is 0. The van der Waals surface area contributed by atoms with Gasteiger partial charge < -0.3 is 14.2 Å². The van der Waals surface area contributed by atoms with Crippen LogP contribution in [0, 0.1) is 25.6 Å². The van der Waals surface area contributed by atoms with Crippen LogP contribution in [0.3, 0.4) is 0 Å². The Bertz CT molecular complexity index is 863. The molecule has 172 valence electrons. The van der Waals surface area contributed by atoms with Gasteiger partial charge in [0.25, 0.3) is 5.88 Å². The summed E-state index contributed by atoms with van der Waals surface area (Å²) in [6, 6.07) is 5.18. The first kappa shape index (κ1) is 25.2. The molecule has 6 nitrogen and oxygen atoms in total. The number of likely N-dealkylation sites (tertiary alicyclic amines) is 1. The van der Waals surface area contributed by atoms with E-state index in [9.17, 15) is 4.39 Å². The molecule has 0 N–H and O–H groups in total. The molecule has 0 aliphatic carbocycles. The van der Waals surface area contributed by atoms with Crippen molar-refractivity contribution in [2.45, 2.75) is 47.1 Å². The molecule has 4 rings (SSSR count). The van der Waals surface area contributed by atoms with Gasteiger partial charge in [0.1, 0.15) is 24.8 Å². The molecule has 0 aromatic carbocycles. The second-order valence-electron chi connectivity index (χ2n) is 7.93. The molecule has 0 unspecified atom stereocenters. The molecule has 31 heavy (non-hydrogen) atoms. The lowest BCUT2D eigenvalue weighted by Crippen LogP contribution is -2.39. The van der Waals surface area contributed by atoms with E-state index in [2.05, 4.69) is 14.9 Å². The molecule has 2 aromatic rings. The Balaban J connectivity index is 0.00000171. The van der Waals surface area contributed by atoms with Gasteiger partial charge in [0.2, 0.25) is 0 Å². The van der Waals surface area contributed by atoms with Gasteiger partial charge in [-0.05, 0) is 40.2 Å². The van der Waals surface area contributed by atoms with Crippen molar-refractivity contribution in [2.75, 3.05) is 32.9 Å². The van der Waals surface area contributed by atoms with Crippen LogP contribution in [0.25, 0.3) is 0 Å². The molecule has 0 bridgehead atoms. The topological polar surface area (TPSA) is 56.7 Å². The zero-order valence-electron chi connectivity index (χ0n) is 17.8. The van der Waals surface area contributed by atoms with E-state index in [4.69, 9.17) is 14.2 Å². The van der Waals surface area contributed by atoms with Crippen LogP contribution in [0.5, 0.6) is 17.4 Å². The van der Waals surface area contributed by atoms with Gasteiger partial charge in [-0.3, -0.25) is 9.88 Å². The van der Waals surface area contributed by atoms with Crippen LogP contribution in [0.1, 0.15) is 50.3 Å². The van der Waals surface area contributed by atoms with Crippen molar-refractivity contribution in [2.24, 2.45) is 5.92 Å². The van der Waals surface area contributed by atoms with E-state index in [1.165, 1.54) is 6.07 Å². The second kappa shape index (κ2) is 11.0. The Kier molecular flexibility index (Phi) is 8.94. The standard InChI is InChI=1S/C22H28FN3O3.CH4.H2S/c1-14-9-18(10-15(2)24-14)29-13-17-5-4-6-26(12-17)16(3)21-19(23)11-20-22(25-21)28-8-7-27-20;;/h9-11,16-17H,4-8,12-13H2,1-3H3;1H4;1H2/t16-,17-;;/m0../s1. The normalized spacial score (nSPS) is 19.0. The summed E-state index contributed by atoms with van der Waals surface area (Å²) in [5, 5.41) is 0. The first-order valence-electron chi connectivity index (χ1n) is 10.3. The Morgan fingerprint density at radius 3 is 2.61 bits per heavy atom. The Morgan fingerprint density at radius 2 is 1.87 bits per heavy atom. The second-order valence-corrected chi connectivity index (χ2v) is 7.93. The molecule has 2 atom stereocenters. The number of aromatic nitrogens is 2. The van der Waals surface area contributed by atoms with Gasteiger partial charge in [-0.2, -0.15) is 13.5 Å². The lowest BCUT2D eigenvalue weighted by molar-refractivity contribution is 0.0963. The van der Waals surface area contributed by atoms with Gasteiger partial charge in [-0.15, -0.1) is 0 Å². The monoisotopic (exact) mass is 451 g/mol. The highest BCUT2D eigenvalue weighted by Gasteiger charge is 2.29. The number of piperidine rings is 1. The number of aryl methyl sites for hydroxylation is 2. The number of fused-ring (bicyclic) bond motifs is 1. The van der Waals surface area contributed by atoms with E-state index < -0.39 is 0 Å². The zero-order valence-corrected chi connectivity index (χ0v) is 18.8. The summed E-state index contributed by atoms with van der Waals surface area (Å²) < 4.78 is 31.7. The molecular weight excluding hydrogens is 417 g/mol. The summed E-state index contributed by atoms with van der Waals surface area (Å²) in [4.78, 5) is 11.1. The Hall–Kier alpha value is -2.06. The van der Waals surface area contributed by atoms with Crippen molar-refractivity contribution in [3.63, 3.8) is 0 Å². The summed E-state index contributed by atoms with van der Waals surface area (Å²) in [6.45, 7) is 9.21. The minimum Gasteiger partial charge on any atom is -0.493 e. The molecule has 0 amide bonds. The third kappa shape index (κ3) is 6.01. The van der Waals surface area contributed by atoms with Gasteiger partial charge in [0.05, 0.1) is 18.3 Å². The van der Waals surface area contributed by atoms with E-state index in [1.807, 2.05) is 32.9 Å². The lowest BCUT2D eigenvalue weighted by atomic mass is 9.97. The number of hydrogen-bond acceptors (Lipinski definition) is 6. The SMILES string of the molecule is C.Cc1cc(OC[C@H]2CCCN([C@@H](C)c3nc4c(cc3F)OCCO4)C2)cc(C)n1.S.